The Bertz CT molecular complexity index is 268. The van der Waals surface area contributed by atoms with Crippen molar-refractivity contribution < 1.29 is 13.2 Å². The summed E-state index contributed by atoms with van der Waals surface area (Å²) in [5.41, 5.74) is 0.145. The summed E-state index contributed by atoms with van der Waals surface area (Å²) < 4.78 is 28.0. The van der Waals surface area contributed by atoms with E-state index in [0.29, 0.717) is 11.8 Å². The third kappa shape index (κ3) is 2.04. The molecule has 57 valence electrons. The number of halogens is 2. The molecule has 0 amide bonds. The molecular formula is C8H5F2O. The third-order valence-electron chi connectivity index (χ3n) is 1.07. The first-order valence-electron chi connectivity index (χ1n) is 2.86. The molecule has 11 heavy (non-hydrogen) atoms. The summed E-state index contributed by atoms with van der Waals surface area (Å²) in [7, 11) is 0. The highest BCUT2D eigenvalue weighted by Gasteiger charge is 1.99. The molecule has 0 bridgehead atoms. The highest BCUT2D eigenvalue weighted by atomic mass is 19.3. The normalized spacial score (nSPS) is 9.27. The van der Waals surface area contributed by atoms with E-state index in [-0.39, 0.29) is 5.57 Å². The highest BCUT2D eigenvalue weighted by molar-refractivity contribution is 5.68. The second-order valence-corrected chi connectivity index (χ2v) is 1.87. The molecule has 3 heteroatoms. The molecule has 0 fully saturated rings. The molecule has 0 N–H and O–H groups in total. The van der Waals surface area contributed by atoms with Gasteiger partial charge in [0.05, 0.1) is 6.26 Å². The Balaban J connectivity index is 2.80. The Morgan fingerprint density at radius 2 is 2.36 bits per heavy atom. The van der Waals surface area contributed by atoms with Crippen LogP contribution in [-0.2, 0) is 0 Å². The zero-order valence-electron chi connectivity index (χ0n) is 5.60. The quantitative estimate of drug-likeness (QED) is 0.598. The Morgan fingerprint density at radius 3 is 2.82 bits per heavy atom. The minimum atomic E-state index is -1.79. The molecule has 0 spiro atoms. The lowest BCUT2D eigenvalue weighted by Crippen LogP contribution is -1.72. The van der Waals surface area contributed by atoms with Crippen LogP contribution in [0, 0.1) is 6.07 Å². The van der Waals surface area contributed by atoms with Gasteiger partial charge in [-0.25, -0.2) is 0 Å². The van der Waals surface area contributed by atoms with E-state index in [4.69, 9.17) is 4.42 Å². The van der Waals surface area contributed by atoms with E-state index in [1.165, 1.54) is 12.3 Å². The molecule has 0 aromatic carbocycles. The Kier molecular flexibility index (Phi) is 2.21. The minimum absolute atomic E-state index is 0.145. The van der Waals surface area contributed by atoms with Crippen molar-refractivity contribution in [3.63, 3.8) is 0 Å². The SMILES string of the molecule is C=C(C=C(F)F)c1c[c]co1. The molecule has 0 atom stereocenters. The lowest BCUT2D eigenvalue weighted by Gasteiger charge is -1.90. The van der Waals surface area contributed by atoms with Crippen molar-refractivity contribution in [1.29, 1.82) is 0 Å². The fraction of sp³-hybridized carbons (Fsp3) is 0. The van der Waals surface area contributed by atoms with E-state index in [9.17, 15) is 8.78 Å². The Labute approximate surface area is 62.6 Å². The van der Waals surface area contributed by atoms with Crippen LogP contribution in [0.1, 0.15) is 5.76 Å². The first-order valence-corrected chi connectivity index (χ1v) is 2.86. The van der Waals surface area contributed by atoms with Gasteiger partial charge in [0.1, 0.15) is 5.76 Å². The number of allylic oxidation sites excluding steroid dienone is 2. The van der Waals surface area contributed by atoms with Gasteiger partial charge < -0.3 is 4.42 Å². The van der Waals surface area contributed by atoms with Crippen molar-refractivity contribution >= 4 is 5.57 Å². The highest BCUT2D eigenvalue weighted by Crippen LogP contribution is 2.16. The van der Waals surface area contributed by atoms with Gasteiger partial charge in [-0.3, -0.25) is 0 Å². The van der Waals surface area contributed by atoms with Gasteiger partial charge in [0.15, 0.2) is 0 Å². The van der Waals surface area contributed by atoms with Gasteiger partial charge in [0, 0.05) is 17.7 Å². The fourth-order valence-electron chi connectivity index (χ4n) is 0.612. The van der Waals surface area contributed by atoms with E-state index >= 15 is 0 Å². The van der Waals surface area contributed by atoms with Crippen LogP contribution in [-0.4, -0.2) is 0 Å². The molecule has 0 saturated carbocycles. The Hall–Kier alpha value is -1.38. The van der Waals surface area contributed by atoms with Crippen molar-refractivity contribution in [2.75, 3.05) is 0 Å². The maximum Gasteiger partial charge on any atom is 0.271 e. The smallest absolute Gasteiger partial charge is 0.271 e. The number of rotatable bonds is 2. The van der Waals surface area contributed by atoms with Crippen LogP contribution in [0.15, 0.2) is 35.5 Å². The van der Waals surface area contributed by atoms with Crippen LogP contribution in [0.5, 0.6) is 0 Å². The predicted octanol–water partition coefficient (Wildman–Crippen LogP) is 2.87. The van der Waals surface area contributed by atoms with E-state index < -0.39 is 6.08 Å². The van der Waals surface area contributed by atoms with Crippen LogP contribution >= 0.6 is 0 Å². The third-order valence-corrected chi connectivity index (χ3v) is 1.07. The van der Waals surface area contributed by atoms with Crippen LogP contribution in [0.2, 0.25) is 0 Å². The van der Waals surface area contributed by atoms with Gasteiger partial charge >= 0.3 is 0 Å². The zero-order valence-corrected chi connectivity index (χ0v) is 5.60. The van der Waals surface area contributed by atoms with Crippen LogP contribution < -0.4 is 0 Å². The van der Waals surface area contributed by atoms with Crippen LogP contribution in [0.4, 0.5) is 8.78 Å². The monoisotopic (exact) mass is 155 g/mol. The molecule has 0 aliphatic rings. The number of furan rings is 1. The summed E-state index contributed by atoms with van der Waals surface area (Å²) in [6, 6.07) is 4.03. The maximum atomic E-state index is 11.6. The summed E-state index contributed by atoms with van der Waals surface area (Å²) in [4.78, 5) is 0. The molecule has 1 aromatic rings. The topological polar surface area (TPSA) is 13.1 Å². The Morgan fingerprint density at radius 1 is 1.64 bits per heavy atom. The summed E-state index contributed by atoms with van der Waals surface area (Å²) in [5.74, 6) is 0.304. The molecule has 1 radical (unpaired) electrons. The van der Waals surface area contributed by atoms with Crippen molar-refractivity contribution in [3.8, 4) is 0 Å². The fourth-order valence-corrected chi connectivity index (χ4v) is 0.612. The molecule has 1 aromatic heterocycles. The van der Waals surface area contributed by atoms with E-state index in [1.54, 1.807) is 0 Å². The summed E-state index contributed by atoms with van der Waals surface area (Å²) in [6.45, 7) is 3.37. The summed E-state index contributed by atoms with van der Waals surface area (Å²) >= 11 is 0. The average Bonchev–Trinajstić information content (AvgIpc) is 2.35. The molecule has 0 aliphatic carbocycles. The zero-order chi connectivity index (χ0) is 8.27. The van der Waals surface area contributed by atoms with Gasteiger partial charge in [-0.1, -0.05) is 6.58 Å². The van der Waals surface area contributed by atoms with Crippen molar-refractivity contribution in [1.82, 2.24) is 0 Å². The van der Waals surface area contributed by atoms with Crippen LogP contribution in [0.25, 0.3) is 5.57 Å². The van der Waals surface area contributed by atoms with E-state index in [1.807, 2.05) is 0 Å². The second kappa shape index (κ2) is 3.14. The molecule has 1 rings (SSSR count). The first kappa shape index (κ1) is 7.72. The van der Waals surface area contributed by atoms with Crippen molar-refractivity contribution in [3.05, 3.63) is 42.9 Å². The standard InChI is InChI=1S/C8H5F2O/c1-6(5-8(9)10)7-3-2-4-11-7/h3-5H,1H2. The largest absolute Gasteiger partial charge is 0.464 e. The minimum Gasteiger partial charge on any atom is -0.464 e. The van der Waals surface area contributed by atoms with Gasteiger partial charge in [-0.2, -0.15) is 8.78 Å². The molecule has 1 heterocycles. The van der Waals surface area contributed by atoms with Gasteiger partial charge in [0.25, 0.3) is 6.08 Å². The van der Waals surface area contributed by atoms with Gasteiger partial charge in [-0.05, 0) is 6.07 Å². The first-order chi connectivity index (χ1) is 5.20. The second-order valence-electron chi connectivity index (χ2n) is 1.87. The van der Waals surface area contributed by atoms with Crippen molar-refractivity contribution in [2.45, 2.75) is 0 Å². The molecule has 0 unspecified atom stereocenters. The maximum absolute atomic E-state index is 11.6. The summed E-state index contributed by atoms with van der Waals surface area (Å²) in [5, 5.41) is 0. The lowest BCUT2D eigenvalue weighted by molar-refractivity contribution is 0.422. The number of hydrogen-bond acceptors (Lipinski definition) is 1. The van der Waals surface area contributed by atoms with E-state index in [0.717, 1.165) is 0 Å². The lowest BCUT2D eigenvalue weighted by atomic mass is 10.2. The van der Waals surface area contributed by atoms with Crippen molar-refractivity contribution in [2.24, 2.45) is 0 Å². The molecule has 0 saturated heterocycles. The van der Waals surface area contributed by atoms with E-state index in [2.05, 4.69) is 12.6 Å². The molecular weight excluding hydrogens is 150 g/mol. The molecule has 0 aliphatic heterocycles. The van der Waals surface area contributed by atoms with Gasteiger partial charge in [-0.15, -0.1) is 0 Å². The van der Waals surface area contributed by atoms with Gasteiger partial charge in [0.2, 0.25) is 0 Å². The van der Waals surface area contributed by atoms with Crippen LogP contribution in [0.3, 0.4) is 0 Å². The predicted molar refractivity (Wildman–Crippen MR) is 36.9 cm³/mol. The molecule has 1 nitrogen and oxygen atoms in total. The number of hydrogen-bond donors (Lipinski definition) is 0. The summed E-state index contributed by atoms with van der Waals surface area (Å²) in [6.07, 6.45) is 0.142. The average molecular weight is 155 g/mol.